The van der Waals surface area contributed by atoms with Gasteiger partial charge in [-0.15, -0.1) is 0 Å². The van der Waals surface area contributed by atoms with Crippen LogP contribution in [0.2, 0.25) is 0 Å². The summed E-state index contributed by atoms with van der Waals surface area (Å²) in [6.45, 7) is 4.55. The zero-order valence-electron chi connectivity index (χ0n) is 20.3. The van der Waals surface area contributed by atoms with Gasteiger partial charge in [0.2, 0.25) is 15.9 Å². The number of thioether (sulfide) groups is 1. The van der Waals surface area contributed by atoms with E-state index >= 15 is 0 Å². The van der Waals surface area contributed by atoms with Gasteiger partial charge in [0.1, 0.15) is 11.2 Å². The minimum atomic E-state index is -3.74. The fourth-order valence-electron chi connectivity index (χ4n) is 3.74. The number of aromatic amines is 1. The molecule has 4 rings (SSSR count). The quantitative estimate of drug-likeness (QED) is 0.176. The van der Waals surface area contributed by atoms with Gasteiger partial charge in [0.15, 0.2) is 10.8 Å². The van der Waals surface area contributed by atoms with Gasteiger partial charge >= 0.3 is 0 Å². The van der Waals surface area contributed by atoms with E-state index < -0.39 is 10.0 Å². The Hall–Kier alpha value is -3.68. The third kappa shape index (κ3) is 6.01. The number of ether oxygens (including phenoxy) is 1. The second-order valence-corrected chi connectivity index (χ2v) is 10.6. The molecule has 5 N–H and O–H groups in total. The van der Waals surface area contributed by atoms with E-state index in [1.54, 1.807) is 16.7 Å². The van der Waals surface area contributed by atoms with E-state index in [2.05, 4.69) is 20.5 Å². The van der Waals surface area contributed by atoms with Gasteiger partial charge in [0, 0.05) is 12.2 Å². The number of para-hydroxylation sites is 2. The van der Waals surface area contributed by atoms with E-state index in [1.807, 2.05) is 38.1 Å². The lowest BCUT2D eigenvalue weighted by molar-refractivity contribution is -0.118. The number of nitrogens with two attached hydrogens (primary N) is 1. The van der Waals surface area contributed by atoms with Crippen LogP contribution in [0.15, 0.2) is 58.6 Å². The number of aryl methyl sites for hydroxylation is 1. The van der Waals surface area contributed by atoms with Crippen molar-refractivity contribution in [1.82, 2.24) is 25.1 Å². The number of fused-ring (bicyclic) bond motifs is 1. The summed E-state index contributed by atoms with van der Waals surface area (Å²) in [4.78, 5) is 17.3. The summed E-state index contributed by atoms with van der Waals surface area (Å²) in [5, 5.41) is 25.0. The Kier molecular flexibility index (Phi) is 7.95. The third-order valence-electron chi connectivity index (χ3n) is 5.51. The maximum atomic E-state index is 12.6. The largest absolute Gasteiger partial charge is 0.492 e. The average Bonchev–Trinajstić information content (AvgIpc) is 3.24. The van der Waals surface area contributed by atoms with E-state index in [9.17, 15) is 13.2 Å². The predicted octanol–water partition coefficient (Wildman–Crippen LogP) is 2.03. The molecular weight excluding hydrogens is 514 g/mol. The molecule has 2 aromatic carbocycles. The molecule has 0 aliphatic heterocycles. The smallest absolute Gasteiger partial charge is 0.238 e. The fourth-order valence-corrected chi connectivity index (χ4v) is 5.09. The number of benzene rings is 2. The fraction of sp³-hybridized carbons (Fsp3) is 0.250. The van der Waals surface area contributed by atoms with Gasteiger partial charge in [-0.25, -0.2) is 18.5 Å². The molecule has 0 spiro atoms. The highest BCUT2D eigenvalue weighted by Gasteiger charge is 2.18. The summed E-state index contributed by atoms with van der Waals surface area (Å²) in [6.07, 6.45) is 0.524. The number of hydrogen-bond acceptors (Lipinski definition) is 8. The number of nitrogens with one attached hydrogen (secondary N) is 3. The van der Waals surface area contributed by atoms with Crippen LogP contribution >= 0.6 is 11.8 Å². The van der Waals surface area contributed by atoms with Gasteiger partial charge in [0.05, 0.1) is 28.3 Å². The Labute approximate surface area is 218 Å². The van der Waals surface area contributed by atoms with Gasteiger partial charge in [0.25, 0.3) is 0 Å². The molecule has 0 atom stereocenters. The number of H-pyrrole nitrogens is 1. The number of sulfonamides is 1. The van der Waals surface area contributed by atoms with Gasteiger partial charge in [-0.1, -0.05) is 36.0 Å². The first-order chi connectivity index (χ1) is 17.7. The SMILES string of the molecule is CCOc1ccccc1-n1c(SCC(=O)NCCc2ccc(S(N)(=O)=O)cc2)nc2n[nH]c(C)c2c1=N. The van der Waals surface area contributed by atoms with Gasteiger partial charge < -0.3 is 10.1 Å². The minimum Gasteiger partial charge on any atom is -0.492 e. The molecule has 0 fully saturated rings. The first kappa shape index (κ1) is 26.4. The number of primary sulfonamides is 1. The summed E-state index contributed by atoms with van der Waals surface area (Å²) in [7, 11) is -3.74. The number of aromatic nitrogens is 4. The molecule has 37 heavy (non-hydrogen) atoms. The highest BCUT2D eigenvalue weighted by molar-refractivity contribution is 7.99. The zero-order valence-corrected chi connectivity index (χ0v) is 21.9. The number of carbonyl (C=O) groups excluding carboxylic acids is 1. The molecule has 194 valence electrons. The summed E-state index contributed by atoms with van der Waals surface area (Å²) in [6, 6.07) is 13.6. The Morgan fingerprint density at radius 2 is 1.95 bits per heavy atom. The first-order valence-electron chi connectivity index (χ1n) is 11.4. The lowest BCUT2D eigenvalue weighted by Crippen LogP contribution is -2.28. The van der Waals surface area contributed by atoms with Crippen molar-refractivity contribution in [3.8, 4) is 11.4 Å². The molecule has 0 radical (unpaired) electrons. The van der Waals surface area contributed by atoms with E-state index in [1.165, 1.54) is 23.9 Å². The van der Waals surface area contributed by atoms with Crippen molar-refractivity contribution in [1.29, 1.82) is 5.41 Å². The number of nitrogens with zero attached hydrogens (tertiary/aromatic N) is 3. The number of amides is 1. The van der Waals surface area contributed by atoms with Crippen molar-refractivity contribution >= 4 is 38.7 Å². The molecular formula is C24H27N7O4S2. The van der Waals surface area contributed by atoms with Gasteiger partial charge in [-0.05, 0) is 50.1 Å². The lowest BCUT2D eigenvalue weighted by Gasteiger charge is -2.16. The molecule has 4 aromatic rings. The molecule has 1 amide bonds. The van der Waals surface area contributed by atoms with E-state index in [-0.39, 0.29) is 22.0 Å². The van der Waals surface area contributed by atoms with Gasteiger partial charge in [-0.2, -0.15) is 5.10 Å². The molecule has 0 aliphatic rings. The molecule has 0 aliphatic carbocycles. The highest BCUT2D eigenvalue weighted by Crippen LogP contribution is 2.27. The summed E-state index contributed by atoms with van der Waals surface area (Å²) in [5.74, 6) is 0.468. The van der Waals surface area contributed by atoms with E-state index in [4.69, 9.17) is 15.3 Å². The number of hydrogen-bond donors (Lipinski definition) is 4. The standard InChI is InChI=1S/C24H27N7O4S2/c1-3-35-19-7-5-4-6-18(19)31-22(25)21-15(2)29-30-23(21)28-24(31)36-14-20(32)27-13-12-16-8-10-17(11-9-16)37(26,33)34/h4-11,25H,3,12-14H2,1-2H3,(H,27,32)(H,29,30)(H2,26,33,34). The van der Waals surface area contributed by atoms with Crippen LogP contribution in [-0.2, 0) is 21.2 Å². The second kappa shape index (κ2) is 11.2. The van der Waals surface area contributed by atoms with Crippen LogP contribution in [0.25, 0.3) is 16.7 Å². The highest BCUT2D eigenvalue weighted by atomic mass is 32.2. The van der Waals surface area contributed by atoms with Crippen molar-refractivity contribution in [2.75, 3.05) is 18.9 Å². The molecule has 0 saturated heterocycles. The molecule has 13 heteroatoms. The maximum absolute atomic E-state index is 12.6. The summed E-state index contributed by atoms with van der Waals surface area (Å²) >= 11 is 1.20. The normalized spacial score (nSPS) is 11.5. The molecule has 2 aromatic heterocycles. The topological polar surface area (TPSA) is 169 Å². The first-order valence-corrected chi connectivity index (χ1v) is 14.0. The van der Waals surface area contributed by atoms with Crippen molar-refractivity contribution in [2.45, 2.75) is 30.3 Å². The zero-order chi connectivity index (χ0) is 26.6. The van der Waals surface area contributed by atoms with E-state index in [0.29, 0.717) is 47.2 Å². The molecule has 11 nitrogen and oxygen atoms in total. The molecule has 0 bridgehead atoms. The third-order valence-corrected chi connectivity index (χ3v) is 7.38. The van der Waals surface area contributed by atoms with Crippen LogP contribution in [0.3, 0.4) is 0 Å². The van der Waals surface area contributed by atoms with Crippen molar-refractivity contribution in [2.24, 2.45) is 5.14 Å². The maximum Gasteiger partial charge on any atom is 0.238 e. The Bertz CT molecular complexity index is 1600. The van der Waals surface area contributed by atoms with Crippen LogP contribution in [0.1, 0.15) is 18.2 Å². The van der Waals surface area contributed by atoms with Crippen LogP contribution < -0.4 is 20.7 Å². The Balaban J connectivity index is 1.50. The summed E-state index contributed by atoms with van der Waals surface area (Å²) < 4.78 is 30.2. The lowest BCUT2D eigenvalue weighted by atomic mass is 10.1. The number of carbonyl (C=O) groups is 1. The van der Waals surface area contributed by atoms with Crippen LogP contribution in [-0.4, -0.2) is 53.0 Å². The number of rotatable bonds is 10. The van der Waals surface area contributed by atoms with E-state index in [0.717, 1.165) is 11.3 Å². The monoisotopic (exact) mass is 541 g/mol. The minimum absolute atomic E-state index is 0.0428. The second-order valence-electron chi connectivity index (χ2n) is 8.10. The molecule has 0 saturated carbocycles. The molecule has 0 unspecified atom stereocenters. The van der Waals surface area contributed by atoms with Gasteiger partial charge in [-0.3, -0.25) is 19.9 Å². The van der Waals surface area contributed by atoms with Crippen LogP contribution in [0.5, 0.6) is 5.75 Å². The Morgan fingerprint density at radius 3 is 2.65 bits per heavy atom. The van der Waals surface area contributed by atoms with Crippen molar-refractivity contribution in [3.63, 3.8) is 0 Å². The van der Waals surface area contributed by atoms with Crippen LogP contribution in [0, 0.1) is 12.3 Å². The predicted molar refractivity (Wildman–Crippen MR) is 140 cm³/mol. The molecule has 2 heterocycles. The average molecular weight is 542 g/mol. The van der Waals surface area contributed by atoms with Crippen molar-refractivity contribution in [3.05, 3.63) is 65.3 Å². The summed E-state index contributed by atoms with van der Waals surface area (Å²) in [5.41, 5.74) is 2.83. The van der Waals surface area contributed by atoms with Crippen LogP contribution in [0.4, 0.5) is 0 Å². The van der Waals surface area contributed by atoms with Crippen molar-refractivity contribution < 1.29 is 17.9 Å². The Morgan fingerprint density at radius 1 is 1.22 bits per heavy atom.